The summed E-state index contributed by atoms with van der Waals surface area (Å²) in [6, 6.07) is 8.84. The summed E-state index contributed by atoms with van der Waals surface area (Å²) in [7, 11) is 2.26. The number of nitrogens with one attached hydrogen (secondary N) is 1. The summed E-state index contributed by atoms with van der Waals surface area (Å²) in [5.74, 6) is 1.38. The molecule has 1 fully saturated rings. The van der Waals surface area contributed by atoms with E-state index in [1.807, 2.05) is 12.1 Å². The summed E-state index contributed by atoms with van der Waals surface area (Å²) >= 11 is 5.97. The quantitative estimate of drug-likeness (QED) is 0.889. The lowest BCUT2D eigenvalue weighted by Gasteiger charge is -2.34. The van der Waals surface area contributed by atoms with Crippen molar-refractivity contribution < 1.29 is 0 Å². The maximum atomic E-state index is 5.97. The van der Waals surface area contributed by atoms with Crippen LogP contribution in [0.15, 0.2) is 24.3 Å². The van der Waals surface area contributed by atoms with Crippen molar-refractivity contribution >= 4 is 11.6 Å². The Labute approximate surface area is 128 Å². The second-order valence-electron chi connectivity index (χ2n) is 6.21. The van der Waals surface area contributed by atoms with Gasteiger partial charge in [0.2, 0.25) is 0 Å². The molecule has 0 spiro atoms. The van der Waals surface area contributed by atoms with Crippen molar-refractivity contribution in [2.45, 2.75) is 38.6 Å². The molecule has 0 bridgehead atoms. The average Bonchev–Trinajstić information content (AvgIpc) is 2.47. The molecule has 1 aromatic carbocycles. The van der Waals surface area contributed by atoms with E-state index < -0.39 is 0 Å². The molecule has 0 aliphatic carbocycles. The predicted octanol–water partition coefficient (Wildman–Crippen LogP) is 3.76. The lowest BCUT2D eigenvalue weighted by atomic mass is 9.91. The Kier molecular flexibility index (Phi) is 5.88. The van der Waals surface area contributed by atoms with Crippen LogP contribution in [0.5, 0.6) is 0 Å². The largest absolute Gasteiger partial charge is 0.317 e. The normalized spacial score (nSPS) is 20.1. The van der Waals surface area contributed by atoms with Crippen LogP contribution in [0.25, 0.3) is 0 Å². The van der Waals surface area contributed by atoms with Gasteiger partial charge in [-0.3, -0.25) is 0 Å². The van der Waals surface area contributed by atoms with Gasteiger partial charge in [0.05, 0.1) is 0 Å². The smallest absolute Gasteiger partial charge is 0.0406 e. The Bertz CT molecular complexity index is 398. The highest BCUT2D eigenvalue weighted by Gasteiger charge is 2.22. The van der Waals surface area contributed by atoms with Crippen LogP contribution >= 0.6 is 11.6 Å². The molecule has 0 aromatic heterocycles. The van der Waals surface area contributed by atoms with Gasteiger partial charge >= 0.3 is 0 Å². The third-order valence-electron chi connectivity index (χ3n) is 4.82. The van der Waals surface area contributed by atoms with E-state index in [0.717, 1.165) is 10.9 Å². The average molecular weight is 295 g/mol. The zero-order valence-electron chi connectivity index (χ0n) is 12.9. The molecule has 0 amide bonds. The molecule has 1 saturated heterocycles. The highest BCUT2D eigenvalue weighted by Crippen LogP contribution is 2.25. The molecule has 2 unspecified atom stereocenters. The highest BCUT2D eigenvalue weighted by atomic mass is 35.5. The van der Waals surface area contributed by atoms with Crippen LogP contribution in [0.3, 0.4) is 0 Å². The fourth-order valence-electron chi connectivity index (χ4n) is 3.06. The molecule has 3 heteroatoms. The lowest BCUT2D eigenvalue weighted by Crippen LogP contribution is -2.40. The highest BCUT2D eigenvalue weighted by molar-refractivity contribution is 6.30. The SMILES string of the molecule is CC(c1ccc(Cl)cc1)C(C)N(C)CC1CCNCC1. The molecule has 2 nitrogen and oxygen atoms in total. The Morgan fingerprint density at radius 2 is 1.80 bits per heavy atom. The Morgan fingerprint density at radius 1 is 1.20 bits per heavy atom. The van der Waals surface area contributed by atoms with Gasteiger partial charge in [0.25, 0.3) is 0 Å². The van der Waals surface area contributed by atoms with Crippen molar-refractivity contribution in [1.29, 1.82) is 0 Å². The third-order valence-corrected chi connectivity index (χ3v) is 5.07. The Hall–Kier alpha value is -0.570. The molecule has 1 N–H and O–H groups in total. The van der Waals surface area contributed by atoms with Gasteiger partial charge in [0.15, 0.2) is 0 Å². The molecule has 1 heterocycles. The first-order valence-electron chi connectivity index (χ1n) is 7.74. The summed E-state index contributed by atoms with van der Waals surface area (Å²) in [4.78, 5) is 2.52. The summed E-state index contributed by atoms with van der Waals surface area (Å²) in [6.07, 6.45) is 2.62. The number of halogens is 1. The van der Waals surface area contributed by atoms with Gasteiger partial charge in [0, 0.05) is 17.6 Å². The lowest BCUT2D eigenvalue weighted by molar-refractivity contribution is 0.179. The zero-order valence-corrected chi connectivity index (χ0v) is 13.7. The summed E-state index contributed by atoms with van der Waals surface area (Å²) < 4.78 is 0. The molecule has 20 heavy (non-hydrogen) atoms. The van der Waals surface area contributed by atoms with Crippen LogP contribution < -0.4 is 5.32 Å². The van der Waals surface area contributed by atoms with Gasteiger partial charge < -0.3 is 10.2 Å². The van der Waals surface area contributed by atoms with Crippen molar-refractivity contribution in [3.05, 3.63) is 34.9 Å². The van der Waals surface area contributed by atoms with Gasteiger partial charge in [-0.25, -0.2) is 0 Å². The van der Waals surface area contributed by atoms with E-state index in [0.29, 0.717) is 12.0 Å². The second-order valence-corrected chi connectivity index (χ2v) is 6.65. The number of benzene rings is 1. The van der Waals surface area contributed by atoms with Crippen LogP contribution in [0.1, 0.15) is 38.2 Å². The van der Waals surface area contributed by atoms with Gasteiger partial charge in [-0.15, -0.1) is 0 Å². The molecule has 112 valence electrons. The van der Waals surface area contributed by atoms with Crippen molar-refractivity contribution in [3.63, 3.8) is 0 Å². The van der Waals surface area contributed by atoms with Crippen LogP contribution in [0, 0.1) is 5.92 Å². The molecule has 1 aliphatic heterocycles. The Morgan fingerprint density at radius 3 is 2.40 bits per heavy atom. The number of hydrogen-bond acceptors (Lipinski definition) is 2. The van der Waals surface area contributed by atoms with Crippen molar-refractivity contribution in [2.24, 2.45) is 5.92 Å². The minimum absolute atomic E-state index is 0.527. The molecular weight excluding hydrogens is 268 g/mol. The van der Waals surface area contributed by atoms with E-state index in [-0.39, 0.29) is 0 Å². The fraction of sp³-hybridized carbons (Fsp3) is 0.647. The van der Waals surface area contributed by atoms with Gasteiger partial charge in [0.1, 0.15) is 0 Å². The fourth-order valence-corrected chi connectivity index (χ4v) is 3.19. The number of nitrogens with zero attached hydrogens (tertiary/aromatic N) is 1. The minimum atomic E-state index is 0.527. The van der Waals surface area contributed by atoms with Crippen molar-refractivity contribution in [2.75, 3.05) is 26.7 Å². The summed E-state index contributed by atoms with van der Waals surface area (Å²) in [5, 5.41) is 4.26. The van der Waals surface area contributed by atoms with Gasteiger partial charge in [-0.05, 0) is 69.4 Å². The first-order valence-corrected chi connectivity index (χ1v) is 8.12. The second kappa shape index (κ2) is 7.44. The van der Waals surface area contributed by atoms with E-state index in [1.54, 1.807) is 0 Å². The van der Waals surface area contributed by atoms with E-state index in [9.17, 15) is 0 Å². The maximum absolute atomic E-state index is 5.97. The standard InChI is InChI=1S/C17H27ClN2/c1-13(16-4-6-17(18)7-5-16)14(2)20(3)12-15-8-10-19-11-9-15/h4-7,13-15,19H,8-12H2,1-3H3. The monoisotopic (exact) mass is 294 g/mol. The first kappa shape index (κ1) is 15.8. The topological polar surface area (TPSA) is 15.3 Å². The number of piperidine rings is 1. The molecular formula is C17H27ClN2. The zero-order chi connectivity index (χ0) is 14.5. The Balaban J connectivity index is 1.91. The molecule has 1 aromatic rings. The predicted molar refractivity (Wildman–Crippen MR) is 87.6 cm³/mol. The van der Waals surface area contributed by atoms with Crippen molar-refractivity contribution in [3.8, 4) is 0 Å². The van der Waals surface area contributed by atoms with Crippen LogP contribution in [0.2, 0.25) is 5.02 Å². The molecule has 0 radical (unpaired) electrons. The van der Waals surface area contributed by atoms with Crippen LogP contribution in [0.4, 0.5) is 0 Å². The molecule has 0 saturated carbocycles. The molecule has 1 aliphatic rings. The number of likely N-dealkylation sites (N-methyl/N-ethyl adjacent to an activating group) is 1. The van der Waals surface area contributed by atoms with Crippen LogP contribution in [-0.4, -0.2) is 37.6 Å². The maximum Gasteiger partial charge on any atom is 0.0406 e. The van der Waals surface area contributed by atoms with E-state index in [2.05, 4.69) is 43.2 Å². The number of rotatable bonds is 5. The van der Waals surface area contributed by atoms with E-state index in [1.165, 1.54) is 38.0 Å². The minimum Gasteiger partial charge on any atom is -0.317 e. The van der Waals surface area contributed by atoms with Crippen molar-refractivity contribution in [1.82, 2.24) is 10.2 Å². The summed E-state index contributed by atoms with van der Waals surface area (Å²) in [5.41, 5.74) is 1.37. The van der Waals surface area contributed by atoms with E-state index in [4.69, 9.17) is 11.6 Å². The van der Waals surface area contributed by atoms with E-state index >= 15 is 0 Å². The van der Waals surface area contributed by atoms with Gasteiger partial charge in [-0.1, -0.05) is 30.7 Å². The molecule has 2 atom stereocenters. The third kappa shape index (κ3) is 4.21. The summed E-state index contributed by atoms with van der Waals surface area (Å²) in [6.45, 7) is 8.22. The van der Waals surface area contributed by atoms with Gasteiger partial charge in [-0.2, -0.15) is 0 Å². The number of hydrogen-bond donors (Lipinski definition) is 1. The first-order chi connectivity index (χ1) is 9.58. The van der Waals surface area contributed by atoms with Crippen LogP contribution in [-0.2, 0) is 0 Å². The molecule has 2 rings (SSSR count).